The Morgan fingerprint density at radius 2 is 1.65 bits per heavy atom. The number of nitrogens with zero attached hydrogens (tertiary/aromatic N) is 1. The van der Waals surface area contributed by atoms with Gasteiger partial charge in [-0.3, -0.25) is 9.59 Å². The van der Waals surface area contributed by atoms with E-state index < -0.39 is 6.04 Å². The van der Waals surface area contributed by atoms with Gasteiger partial charge in [-0.15, -0.1) is 0 Å². The number of methoxy groups -OCH3 is 2. The maximum absolute atomic E-state index is 13.2. The summed E-state index contributed by atoms with van der Waals surface area (Å²) in [6, 6.07) is 12.3. The van der Waals surface area contributed by atoms with Crippen LogP contribution in [-0.2, 0) is 11.4 Å². The highest BCUT2D eigenvalue weighted by molar-refractivity contribution is 5.98. The van der Waals surface area contributed by atoms with E-state index in [4.69, 9.17) is 14.2 Å². The van der Waals surface area contributed by atoms with Gasteiger partial charge in [-0.1, -0.05) is 56.5 Å². The molecule has 0 aliphatic heterocycles. The molecule has 1 atom stereocenters. The molecule has 1 aliphatic rings. The van der Waals surface area contributed by atoms with Gasteiger partial charge in [0.1, 0.15) is 12.6 Å². The number of benzene rings is 2. The summed E-state index contributed by atoms with van der Waals surface area (Å²) in [7, 11) is 7.17. The van der Waals surface area contributed by atoms with Crippen molar-refractivity contribution in [2.75, 3.05) is 34.9 Å². The van der Waals surface area contributed by atoms with Crippen molar-refractivity contribution in [3.63, 3.8) is 0 Å². The third-order valence-corrected chi connectivity index (χ3v) is 7.22. The molecule has 0 bridgehead atoms. The summed E-state index contributed by atoms with van der Waals surface area (Å²) in [5.41, 5.74) is 1.30. The van der Waals surface area contributed by atoms with Gasteiger partial charge in [0.25, 0.3) is 5.91 Å². The standard InChI is InChI=1S/C29H41N3O5/c1-6-12-23(28(34)30-20-29(32(2)3)15-10-11-16-29)31-27(33)22-17-24(35-4)26(25(18-22)36-5)37-19-21-13-8-7-9-14-21/h7-9,13-14,17-18,23H,6,10-12,15-16,19-20H2,1-5H3,(H,30,34)(H,31,33)/t23-/m0/s1. The second kappa shape index (κ2) is 13.3. The molecule has 2 N–H and O–H groups in total. The summed E-state index contributed by atoms with van der Waals surface area (Å²) in [6.45, 7) is 2.89. The normalized spacial score (nSPS) is 15.2. The molecule has 0 unspecified atom stereocenters. The molecule has 3 rings (SSSR count). The molecule has 2 amide bonds. The van der Waals surface area contributed by atoms with Gasteiger partial charge in [-0.2, -0.15) is 0 Å². The van der Waals surface area contributed by atoms with Crippen LogP contribution >= 0.6 is 0 Å². The molecule has 1 fully saturated rings. The summed E-state index contributed by atoms with van der Waals surface area (Å²) >= 11 is 0. The van der Waals surface area contributed by atoms with Gasteiger partial charge >= 0.3 is 0 Å². The molecule has 8 nitrogen and oxygen atoms in total. The smallest absolute Gasteiger partial charge is 0.252 e. The first-order valence-corrected chi connectivity index (χ1v) is 13.0. The van der Waals surface area contributed by atoms with E-state index >= 15 is 0 Å². The lowest BCUT2D eigenvalue weighted by atomic mass is 9.95. The van der Waals surface area contributed by atoms with Gasteiger partial charge in [-0.05, 0) is 51.1 Å². The third-order valence-electron chi connectivity index (χ3n) is 7.22. The SMILES string of the molecule is CCC[C@H](NC(=O)c1cc(OC)c(OCc2ccccc2)c(OC)c1)C(=O)NCC1(N(C)C)CCCC1. The Kier molecular flexibility index (Phi) is 10.2. The van der Waals surface area contributed by atoms with Crippen LogP contribution < -0.4 is 24.8 Å². The van der Waals surface area contributed by atoms with E-state index in [2.05, 4.69) is 29.6 Å². The van der Waals surface area contributed by atoms with Crippen molar-refractivity contribution in [3.8, 4) is 17.2 Å². The van der Waals surface area contributed by atoms with Gasteiger partial charge in [0.05, 0.1) is 14.2 Å². The Balaban J connectivity index is 1.72. The number of carbonyl (C=O) groups excluding carboxylic acids is 2. The fourth-order valence-electron chi connectivity index (χ4n) is 4.87. The Labute approximate surface area is 220 Å². The predicted molar refractivity (Wildman–Crippen MR) is 144 cm³/mol. The molecule has 0 heterocycles. The second-order valence-electron chi connectivity index (χ2n) is 9.84. The molecule has 202 valence electrons. The predicted octanol–water partition coefficient (Wildman–Crippen LogP) is 4.17. The van der Waals surface area contributed by atoms with Crippen molar-refractivity contribution < 1.29 is 23.8 Å². The summed E-state index contributed by atoms with van der Waals surface area (Å²) in [6.07, 6.45) is 5.75. The van der Waals surface area contributed by atoms with E-state index in [1.807, 2.05) is 37.3 Å². The van der Waals surface area contributed by atoms with Gasteiger partial charge in [-0.25, -0.2) is 0 Å². The average Bonchev–Trinajstić information content (AvgIpc) is 3.41. The molecule has 1 saturated carbocycles. The average molecular weight is 512 g/mol. The molecular formula is C29H41N3O5. The van der Waals surface area contributed by atoms with E-state index in [1.165, 1.54) is 14.2 Å². The van der Waals surface area contributed by atoms with Crippen LogP contribution in [0.1, 0.15) is 61.4 Å². The zero-order valence-corrected chi connectivity index (χ0v) is 22.8. The van der Waals surface area contributed by atoms with Crippen molar-refractivity contribution in [1.29, 1.82) is 0 Å². The molecule has 37 heavy (non-hydrogen) atoms. The summed E-state index contributed by atoms with van der Waals surface area (Å²) in [4.78, 5) is 28.6. The zero-order chi connectivity index (χ0) is 26.8. The maximum atomic E-state index is 13.2. The Morgan fingerprint density at radius 1 is 1.03 bits per heavy atom. The number of hydrogen-bond acceptors (Lipinski definition) is 6. The Hall–Kier alpha value is -3.26. The van der Waals surface area contributed by atoms with Crippen molar-refractivity contribution in [1.82, 2.24) is 15.5 Å². The summed E-state index contributed by atoms with van der Waals surface area (Å²) in [5, 5.41) is 6.02. The second-order valence-corrected chi connectivity index (χ2v) is 9.84. The lowest BCUT2D eigenvalue weighted by molar-refractivity contribution is -0.123. The fourth-order valence-corrected chi connectivity index (χ4v) is 4.87. The topological polar surface area (TPSA) is 89.1 Å². The quantitative estimate of drug-likeness (QED) is 0.420. The first kappa shape index (κ1) is 28.3. The first-order valence-electron chi connectivity index (χ1n) is 13.0. The van der Waals surface area contributed by atoms with Crippen molar-refractivity contribution in [3.05, 3.63) is 53.6 Å². The molecule has 0 spiro atoms. The minimum Gasteiger partial charge on any atom is -0.493 e. The number of likely N-dealkylation sites (N-methyl/N-ethyl adjacent to an activating group) is 1. The third kappa shape index (κ3) is 7.16. The van der Waals surface area contributed by atoms with Crippen LogP contribution in [0.25, 0.3) is 0 Å². The van der Waals surface area contributed by atoms with E-state index in [-0.39, 0.29) is 17.4 Å². The molecule has 1 aliphatic carbocycles. The molecule has 2 aromatic rings. The van der Waals surface area contributed by atoms with Gasteiger partial charge in [0.15, 0.2) is 11.5 Å². The number of amides is 2. The molecule has 0 radical (unpaired) electrons. The summed E-state index contributed by atoms with van der Waals surface area (Å²) < 4.78 is 17.0. The zero-order valence-electron chi connectivity index (χ0n) is 22.8. The highest BCUT2D eigenvalue weighted by Crippen LogP contribution is 2.39. The van der Waals surface area contributed by atoms with E-state index in [9.17, 15) is 9.59 Å². The van der Waals surface area contributed by atoms with Crippen LogP contribution in [0.15, 0.2) is 42.5 Å². The van der Waals surface area contributed by atoms with E-state index in [0.29, 0.717) is 42.4 Å². The highest BCUT2D eigenvalue weighted by atomic mass is 16.5. The number of hydrogen-bond donors (Lipinski definition) is 2. The Bertz CT molecular complexity index is 1010. The van der Waals surface area contributed by atoms with Crippen LogP contribution in [0.5, 0.6) is 17.2 Å². The molecule has 0 aromatic heterocycles. The van der Waals surface area contributed by atoms with Crippen LogP contribution in [0, 0.1) is 0 Å². The van der Waals surface area contributed by atoms with Crippen LogP contribution in [-0.4, -0.2) is 63.2 Å². The minimum atomic E-state index is -0.635. The highest BCUT2D eigenvalue weighted by Gasteiger charge is 2.36. The van der Waals surface area contributed by atoms with Gasteiger partial charge < -0.3 is 29.7 Å². The summed E-state index contributed by atoms with van der Waals surface area (Å²) in [5.74, 6) is 0.643. The molecular weight excluding hydrogens is 470 g/mol. The van der Waals surface area contributed by atoms with Crippen molar-refractivity contribution >= 4 is 11.8 Å². The lowest BCUT2D eigenvalue weighted by Crippen LogP contribution is -2.54. The van der Waals surface area contributed by atoms with Crippen molar-refractivity contribution in [2.24, 2.45) is 0 Å². The number of carbonyl (C=O) groups is 2. The van der Waals surface area contributed by atoms with E-state index in [0.717, 1.165) is 37.7 Å². The molecule has 0 saturated heterocycles. The maximum Gasteiger partial charge on any atom is 0.252 e. The van der Waals surface area contributed by atoms with Crippen molar-refractivity contribution in [2.45, 2.75) is 63.6 Å². The minimum absolute atomic E-state index is 0.0211. The molecule has 8 heteroatoms. The van der Waals surface area contributed by atoms with Gasteiger partial charge in [0.2, 0.25) is 11.7 Å². The Morgan fingerprint density at radius 3 is 2.19 bits per heavy atom. The first-order chi connectivity index (χ1) is 17.8. The number of nitrogens with one attached hydrogen (secondary N) is 2. The monoisotopic (exact) mass is 511 g/mol. The van der Waals surface area contributed by atoms with Crippen LogP contribution in [0.4, 0.5) is 0 Å². The largest absolute Gasteiger partial charge is 0.493 e. The van der Waals surface area contributed by atoms with Crippen LogP contribution in [0.2, 0.25) is 0 Å². The van der Waals surface area contributed by atoms with Crippen LogP contribution in [0.3, 0.4) is 0 Å². The fraction of sp³-hybridized carbons (Fsp3) is 0.517. The number of rotatable bonds is 13. The van der Waals surface area contributed by atoms with Gasteiger partial charge in [0, 0.05) is 17.6 Å². The lowest BCUT2D eigenvalue weighted by Gasteiger charge is -2.37. The van der Waals surface area contributed by atoms with E-state index in [1.54, 1.807) is 12.1 Å². The molecule has 2 aromatic carbocycles. The number of ether oxygens (including phenoxy) is 3.